The van der Waals surface area contributed by atoms with E-state index in [1.807, 2.05) is 6.92 Å². The van der Waals surface area contributed by atoms with Crippen LogP contribution in [0.25, 0.3) is 0 Å². The van der Waals surface area contributed by atoms with Gasteiger partial charge in [0, 0.05) is 19.7 Å². The summed E-state index contributed by atoms with van der Waals surface area (Å²) in [6.07, 6.45) is 2.45. The van der Waals surface area contributed by atoms with E-state index in [-0.39, 0.29) is 12.0 Å². The van der Waals surface area contributed by atoms with E-state index in [0.29, 0.717) is 11.9 Å². The zero-order valence-corrected chi connectivity index (χ0v) is 10.1. The van der Waals surface area contributed by atoms with E-state index in [1.54, 1.807) is 0 Å². The Kier molecular flexibility index (Phi) is 4.01. The Bertz CT molecular complexity index is 330. The fourth-order valence-corrected chi connectivity index (χ4v) is 2.02. The molecule has 90 valence electrons. The zero-order valence-electron chi connectivity index (χ0n) is 9.36. The Morgan fingerprint density at radius 3 is 3.12 bits per heavy atom. The van der Waals surface area contributed by atoms with Crippen LogP contribution in [-0.2, 0) is 10.6 Å². The van der Waals surface area contributed by atoms with Crippen molar-refractivity contribution < 1.29 is 9.15 Å². The number of halogens is 1. The number of hydrogen-bond donors (Lipinski definition) is 0. The molecule has 0 N–H and O–H groups in total. The number of hydrogen-bond acceptors (Lipinski definition) is 5. The van der Waals surface area contributed by atoms with Crippen molar-refractivity contribution in [3.8, 4) is 0 Å². The third-order valence-corrected chi connectivity index (χ3v) is 2.85. The molecule has 0 amide bonds. The summed E-state index contributed by atoms with van der Waals surface area (Å²) in [5.41, 5.74) is 0. The van der Waals surface area contributed by atoms with Crippen LogP contribution in [0, 0.1) is 0 Å². The molecule has 1 atom stereocenters. The number of rotatable bonds is 4. The first-order valence-corrected chi connectivity index (χ1v) is 6.11. The highest BCUT2D eigenvalue weighted by atomic mass is 35.5. The molecule has 1 saturated heterocycles. The molecule has 5 nitrogen and oxygen atoms in total. The van der Waals surface area contributed by atoms with E-state index in [4.69, 9.17) is 20.8 Å². The standard InChI is InChI=1S/C10H16ClN3O2/c1-2-15-8-4-3-5-14(7-8)10-13-12-9(6-11)16-10/h8H,2-7H2,1H3. The smallest absolute Gasteiger partial charge is 0.318 e. The molecule has 1 aliphatic rings. The maximum Gasteiger partial charge on any atom is 0.318 e. The summed E-state index contributed by atoms with van der Waals surface area (Å²) < 4.78 is 11.0. The van der Waals surface area contributed by atoms with Gasteiger partial charge in [-0.15, -0.1) is 16.7 Å². The fourth-order valence-electron chi connectivity index (χ4n) is 1.91. The van der Waals surface area contributed by atoms with Gasteiger partial charge in [-0.3, -0.25) is 0 Å². The lowest BCUT2D eigenvalue weighted by atomic mass is 10.1. The molecule has 1 aromatic heterocycles. The van der Waals surface area contributed by atoms with Gasteiger partial charge < -0.3 is 14.1 Å². The monoisotopic (exact) mass is 245 g/mol. The molecule has 0 aromatic carbocycles. The van der Waals surface area contributed by atoms with E-state index in [2.05, 4.69) is 15.1 Å². The van der Waals surface area contributed by atoms with Crippen LogP contribution in [0.15, 0.2) is 4.42 Å². The van der Waals surface area contributed by atoms with E-state index in [0.717, 1.165) is 32.5 Å². The number of ether oxygens (including phenoxy) is 1. The minimum atomic E-state index is 0.260. The Hall–Kier alpha value is -0.810. The molecule has 6 heteroatoms. The Morgan fingerprint density at radius 2 is 2.44 bits per heavy atom. The van der Waals surface area contributed by atoms with Gasteiger partial charge in [-0.25, -0.2) is 0 Å². The van der Waals surface area contributed by atoms with Gasteiger partial charge in [0.15, 0.2) is 0 Å². The minimum absolute atomic E-state index is 0.260. The predicted molar refractivity (Wildman–Crippen MR) is 60.7 cm³/mol. The van der Waals surface area contributed by atoms with Crippen molar-refractivity contribution in [1.29, 1.82) is 0 Å². The van der Waals surface area contributed by atoms with Crippen molar-refractivity contribution in [1.82, 2.24) is 10.2 Å². The third-order valence-electron chi connectivity index (χ3n) is 2.62. The molecule has 16 heavy (non-hydrogen) atoms. The molecule has 0 spiro atoms. The van der Waals surface area contributed by atoms with Gasteiger partial charge in [0.1, 0.15) is 5.88 Å². The number of nitrogens with zero attached hydrogens (tertiary/aromatic N) is 3. The van der Waals surface area contributed by atoms with Gasteiger partial charge in [-0.05, 0) is 19.8 Å². The lowest BCUT2D eigenvalue weighted by molar-refractivity contribution is 0.0516. The van der Waals surface area contributed by atoms with E-state index < -0.39 is 0 Å². The van der Waals surface area contributed by atoms with Gasteiger partial charge in [0.2, 0.25) is 5.89 Å². The maximum atomic E-state index is 5.62. The van der Waals surface area contributed by atoms with Crippen molar-refractivity contribution >= 4 is 17.6 Å². The number of aromatic nitrogens is 2. The van der Waals surface area contributed by atoms with E-state index in [9.17, 15) is 0 Å². The largest absolute Gasteiger partial charge is 0.407 e. The molecule has 2 heterocycles. The second kappa shape index (κ2) is 5.50. The fraction of sp³-hybridized carbons (Fsp3) is 0.800. The molecule has 1 fully saturated rings. The molecule has 0 bridgehead atoms. The van der Waals surface area contributed by atoms with Crippen LogP contribution >= 0.6 is 11.6 Å². The van der Waals surface area contributed by atoms with Crippen LogP contribution in [0.1, 0.15) is 25.7 Å². The van der Waals surface area contributed by atoms with Crippen LogP contribution in [0.5, 0.6) is 0 Å². The normalized spacial score (nSPS) is 21.4. The first-order valence-electron chi connectivity index (χ1n) is 5.58. The summed E-state index contributed by atoms with van der Waals surface area (Å²) in [7, 11) is 0. The maximum absolute atomic E-state index is 5.62. The summed E-state index contributed by atoms with van der Waals surface area (Å²) in [6.45, 7) is 4.51. The van der Waals surface area contributed by atoms with Crippen molar-refractivity contribution in [2.45, 2.75) is 31.7 Å². The zero-order chi connectivity index (χ0) is 11.4. The second-order valence-electron chi connectivity index (χ2n) is 3.78. The Morgan fingerprint density at radius 1 is 1.56 bits per heavy atom. The van der Waals surface area contributed by atoms with Crippen molar-refractivity contribution in [2.24, 2.45) is 0 Å². The number of anilines is 1. The van der Waals surface area contributed by atoms with Gasteiger partial charge >= 0.3 is 6.01 Å². The molecule has 0 radical (unpaired) electrons. The third kappa shape index (κ3) is 2.65. The van der Waals surface area contributed by atoms with Crippen LogP contribution in [0.3, 0.4) is 0 Å². The van der Waals surface area contributed by atoms with Gasteiger partial charge in [-0.1, -0.05) is 5.10 Å². The summed E-state index contributed by atoms with van der Waals surface area (Å²) in [5, 5.41) is 7.82. The average molecular weight is 246 g/mol. The summed E-state index contributed by atoms with van der Waals surface area (Å²) in [4.78, 5) is 2.06. The Balaban J connectivity index is 1.98. The van der Waals surface area contributed by atoms with Crippen molar-refractivity contribution in [2.75, 3.05) is 24.6 Å². The molecular formula is C10H16ClN3O2. The second-order valence-corrected chi connectivity index (χ2v) is 4.04. The molecule has 2 rings (SSSR count). The van der Waals surface area contributed by atoms with Crippen LogP contribution in [-0.4, -0.2) is 36.0 Å². The van der Waals surface area contributed by atoms with Crippen molar-refractivity contribution in [3.05, 3.63) is 5.89 Å². The van der Waals surface area contributed by atoms with Gasteiger partial charge in [0.25, 0.3) is 0 Å². The molecule has 1 aromatic rings. The summed E-state index contributed by atoms with van der Waals surface area (Å²) >= 11 is 5.62. The highest BCUT2D eigenvalue weighted by molar-refractivity contribution is 6.16. The molecule has 1 unspecified atom stereocenters. The lowest BCUT2D eigenvalue weighted by Gasteiger charge is -2.30. The van der Waals surface area contributed by atoms with E-state index in [1.165, 1.54) is 0 Å². The highest BCUT2D eigenvalue weighted by Crippen LogP contribution is 2.20. The van der Waals surface area contributed by atoms with Crippen LogP contribution in [0.2, 0.25) is 0 Å². The topological polar surface area (TPSA) is 51.4 Å². The first kappa shape index (κ1) is 11.7. The summed E-state index contributed by atoms with van der Waals surface area (Å²) in [6, 6.07) is 0.556. The predicted octanol–water partition coefficient (Wildman–Crippen LogP) is 1.81. The highest BCUT2D eigenvalue weighted by Gasteiger charge is 2.23. The molecule has 0 saturated carbocycles. The minimum Gasteiger partial charge on any atom is -0.407 e. The SMILES string of the molecule is CCOC1CCCN(c2nnc(CCl)o2)C1. The molecule has 1 aliphatic heterocycles. The van der Waals surface area contributed by atoms with Crippen LogP contribution in [0.4, 0.5) is 6.01 Å². The first-order chi connectivity index (χ1) is 7.83. The van der Waals surface area contributed by atoms with Gasteiger partial charge in [0.05, 0.1) is 6.10 Å². The molecule has 0 aliphatic carbocycles. The van der Waals surface area contributed by atoms with E-state index >= 15 is 0 Å². The van der Waals surface area contributed by atoms with Crippen molar-refractivity contribution in [3.63, 3.8) is 0 Å². The molecular weight excluding hydrogens is 230 g/mol. The number of piperidine rings is 1. The van der Waals surface area contributed by atoms with Crippen LogP contribution < -0.4 is 4.90 Å². The Labute approximate surface area is 99.7 Å². The number of alkyl halides is 1. The lowest BCUT2D eigenvalue weighted by Crippen LogP contribution is -2.39. The quantitative estimate of drug-likeness (QED) is 0.758. The summed E-state index contributed by atoms with van der Waals surface area (Å²) in [5.74, 6) is 0.727. The van der Waals surface area contributed by atoms with Gasteiger partial charge in [-0.2, -0.15) is 0 Å². The average Bonchev–Trinajstić information content (AvgIpc) is 2.78.